The third-order valence-electron chi connectivity index (χ3n) is 3.49. The van der Waals surface area contributed by atoms with Crippen LogP contribution in [0, 0.1) is 5.92 Å². The fourth-order valence-electron chi connectivity index (χ4n) is 2.12. The molecule has 0 aromatic rings. The van der Waals surface area contributed by atoms with E-state index in [1.165, 1.54) is 25.7 Å². The molecule has 0 saturated heterocycles. The van der Waals surface area contributed by atoms with Crippen molar-refractivity contribution in [1.82, 2.24) is 0 Å². The quantitative estimate of drug-likeness (QED) is 0.294. The fourth-order valence-corrected chi connectivity index (χ4v) is 2.12. The van der Waals surface area contributed by atoms with Crippen LogP contribution in [0.5, 0.6) is 0 Å². The van der Waals surface area contributed by atoms with Gasteiger partial charge in [-0.2, -0.15) is 0 Å². The standard InChI is InChI=1S/C21H34O2/c1-3-4-5-11-14-17-20(2)18-15-12-9-7-6-8-10-13-16-19-21(22)23/h7-10,14-15,17-18,20H,3-6,11-13,16,19H2,1-2H3,(H,22,23)/b9-7-,10-8-,17-14-,18-15-/t20-/m0/s1. The number of carboxylic acids is 1. The van der Waals surface area contributed by atoms with Gasteiger partial charge in [-0.05, 0) is 44.4 Å². The molecular weight excluding hydrogens is 284 g/mol. The predicted molar refractivity (Wildman–Crippen MR) is 101 cm³/mol. The summed E-state index contributed by atoms with van der Waals surface area (Å²) in [7, 11) is 0. The van der Waals surface area contributed by atoms with Gasteiger partial charge in [0, 0.05) is 6.42 Å². The van der Waals surface area contributed by atoms with E-state index in [0.717, 1.165) is 25.7 Å². The van der Waals surface area contributed by atoms with Gasteiger partial charge in [0.2, 0.25) is 0 Å². The SMILES string of the molecule is CCCCC/C=C\[C@H](C)/C=C\C/C=C\C/C=C\CCCC(=O)O. The highest BCUT2D eigenvalue weighted by atomic mass is 16.4. The van der Waals surface area contributed by atoms with Gasteiger partial charge in [0.25, 0.3) is 0 Å². The van der Waals surface area contributed by atoms with Crippen LogP contribution in [0.1, 0.15) is 71.6 Å². The van der Waals surface area contributed by atoms with Crippen molar-refractivity contribution in [2.45, 2.75) is 71.6 Å². The predicted octanol–water partition coefficient (Wildman–Crippen LogP) is 6.46. The molecule has 0 aromatic heterocycles. The summed E-state index contributed by atoms with van der Waals surface area (Å²) in [5.41, 5.74) is 0. The van der Waals surface area contributed by atoms with Gasteiger partial charge in [0.1, 0.15) is 0 Å². The molecule has 0 aliphatic carbocycles. The molecule has 130 valence electrons. The van der Waals surface area contributed by atoms with Gasteiger partial charge in [-0.25, -0.2) is 0 Å². The van der Waals surface area contributed by atoms with Crippen molar-refractivity contribution in [2.24, 2.45) is 5.92 Å². The largest absolute Gasteiger partial charge is 0.481 e. The first-order valence-corrected chi connectivity index (χ1v) is 9.02. The smallest absolute Gasteiger partial charge is 0.303 e. The highest BCUT2D eigenvalue weighted by Gasteiger charge is 1.92. The average Bonchev–Trinajstić information content (AvgIpc) is 2.52. The van der Waals surface area contributed by atoms with Crippen LogP contribution in [0.15, 0.2) is 48.6 Å². The molecular formula is C21H34O2. The van der Waals surface area contributed by atoms with Crippen LogP contribution in [0.25, 0.3) is 0 Å². The Balaban J connectivity index is 3.60. The molecule has 0 aliphatic rings. The lowest BCUT2D eigenvalue weighted by Crippen LogP contribution is -1.92. The molecule has 0 radical (unpaired) electrons. The zero-order valence-electron chi connectivity index (χ0n) is 14.9. The first-order chi connectivity index (χ1) is 11.2. The molecule has 0 spiro atoms. The van der Waals surface area contributed by atoms with Crippen molar-refractivity contribution >= 4 is 5.97 Å². The fraction of sp³-hybridized carbons (Fsp3) is 0.571. The maximum Gasteiger partial charge on any atom is 0.303 e. The topological polar surface area (TPSA) is 37.3 Å². The zero-order valence-corrected chi connectivity index (χ0v) is 14.9. The number of carbonyl (C=O) groups is 1. The highest BCUT2D eigenvalue weighted by Crippen LogP contribution is 2.05. The second-order valence-corrected chi connectivity index (χ2v) is 5.91. The highest BCUT2D eigenvalue weighted by molar-refractivity contribution is 5.66. The van der Waals surface area contributed by atoms with Gasteiger partial charge in [-0.15, -0.1) is 0 Å². The lowest BCUT2D eigenvalue weighted by molar-refractivity contribution is -0.137. The summed E-state index contributed by atoms with van der Waals surface area (Å²) in [5, 5.41) is 8.51. The summed E-state index contributed by atoms with van der Waals surface area (Å²) in [6.07, 6.45) is 26.4. The van der Waals surface area contributed by atoms with Crippen molar-refractivity contribution in [2.75, 3.05) is 0 Å². The van der Waals surface area contributed by atoms with E-state index >= 15 is 0 Å². The molecule has 23 heavy (non-hydrogen) atoms. The molecule has 0 aromatic carbocycles. The minimum atomic E-state index is -0.713. The Labute approximate surface area is 142 Å². The summed E-state index contributed by atoms with van der Waals surface area (Å²) < 4.78 is 0. The first kappa shape index (κ1) is 21.4. The van der Waals surface area contributed by atoms with Crippen LogP contribution < -0.4 is 0 Å². The van der Waals surface area contributed by atoms with Crippen molar-refractivity contribution in [3.05, 3.63) is 48.6 Å². The Hall–Kier alpha value is -1.57. The number of aliphatic carboxylic acids is 1. The van der Waals surface area contributed by atoms with Gasteiger partial charge in [0.05, 0.1) is 0 Å². The molecule has 0 aliphatic heterocycles. The van der Waals surface area contributed by atoms with Gasteiger partial charge >= 0.3 is 5.97 Å². The number of hydrogen-bond donors (Lipinski definition) is 1. The molecule has 1 atom stereocenters. The summed E-state index contributed by atoms with van der Waals surface area (Å²) in [5.74, 6) is -0.200. The van der Waals surface area contributed by atoms with E-state index in [0.29, 0.717) is 5.92 Å². The Bertz CT molecular complexity index is 389. The third kappa shape index (κ3) is 18.4. The second kappa shape index (κ2) is 16.8. The van der Waals surface area contributed by atoms with Gasteiger partial charge in [0.15, 0.2) is 0 Å². The van der Waals surface area contributed by atoms with Gasteiger partial charge in [-0.3, -0.25) is 4.79 Å². The van der Waals surface area contributed by atoms with Crippen LogP contribution >= 0.6 is 0 Å². The third-order valence-corrected chi connectivity index (χ3v) is 3.49. The van der Waals surface area contributed by atoms with E-state index in [9.17, 15) is 4.79 Å². The van der Waals surface area contributed by atoms with E-state index in [-0.39, 0.29) is 6.42 Å². The zero-order chi connectivity index (χ0) is 17.2. The molecule has 0 saturated carbocycles. The van der Waals surface area contributed by atoms with Crippen LogP contribution in [0.4, 0.5) is 0 Å². The molecule has 0 fully saturated rings. The second-order valence-electron chi connectivity index (χ2n) is 5.91. The normalized spacial score (nSPS) is 13.8. The Morgan fingerprint density at radius 2 is 1.48 bits per heavy atom. The minimum Gasteiger partial charge on any atom is -0.481 e. The first-order valence-electron chi connectivity index (χ1n) is 9.02. The van der Waals surface area contributed by atoms with E-state index < -0.39 is 5.97 Å². The van der Waals surface area contributed by atoms with Crippen LogP contribution in [-0.4, -0.2) is 11.1 Å². The number of hydrogen-bond acceptors (Lipinski definition) is 1. The summed E-state index contributed by atoms with van der Waals surface area (Å²) in [6.45, 7) is 4.45. The number of allylic oxidation sites excluding steroid dienone is 8. The van der Waals surface area contributed by atoms with Crippen LogP contribution in [0.3, 0.4) is 0 Å². The maximum atomic E-state index is 10.3. The van der Waals surface area contributed by atoms with Crippen LogP contribution in [-0.2, 0) is 4.79 Å². The molecule has 0 amide bonds. The monoisotopic (exact) mass is 318 g/mol. The summed E-state index contributed by atoms with van der Waals surface area (Å²) in [4.78, 5) is 10.3. The van der Waals surface area contributed by atoms with Crippen LogP contribution in [0.2, 0.25) is 0 Å². The van der Waals surface area contributed by atoms with Gasteiger partial charge in [-0.1, -0.05) is 75.3 Å². The number of rotatable bonds is 14. The van der Waals surface area contributed by atoms with Crippen molar-refractivity contribution in [3.8, 4) is 0 Å². The van der Waals surface area contributed by atoms with Crippen molar-refractivity contribution in [1.29, 1.82) is 0 Å². The molecule has 0 heterocycles. The molecule has 0 unspecified atom stereocenters. The number of unbranched alkanes of at least 4 members (excludes halogenated alkanes) is 4. The molecule has 2 nitrogen and oxygen atoms in total. The van der Waals surface area contributed by atoms with E-state index in [4.69, 9.17) is 5.11 Å². The molecule has 0 rings (SSSR count). The van der Waals surface area contributed by atoms with E-state index in [2.05, 4.69) is 62.5 Å². The molecule has 0 bridgehead atoms. The molecule has 2 heteroatoms. The maximum absolute atomic E-state index is 10.3. The Morgan fingerprint density at radius 3 is 2.17 bits per heavy atom. The molecule has 1 N–H and O–H groups in total. The van der Waals surface area contributed by atoms with E-state index in [1.54, 1.807) is 0 Å². The summed E-state index contributed by atoms with van der Waals surface area (Å²) in [6, 6.07) is 0. The lowest BCUT2D eigenvalue weighted by atomic mass is 10.1. The van der Waals surface area contributed by atoms with Crippen molar-refractivity contribution < 1.29 is 9.90 Å². The lowest BCUT2D eigenvalue weighted by Gasteiger charge is -1.97. The summed E-state index contributed by atoms with van der Waals surface area (Å²) >= 11 is 0. The average molecular weight is 319 g/mol. The van der Waals surface area contributed by atoms with E-state index in [1.807, 2.05) is 0 Å². The Kier molecular flexibility index (Phi) is 15.6. The Morgan fingerprint density at radius 1 is 0.870 bits per heavy atom. The van der Waals surface area contributed by atoms with Gasteiger partial charge < -0.3 is 5.11 Å². The number of carboxylic acid groups (broad SMARTS) is 1. The van der Waals surface area contributed by atoms with Crippen molar-refractivity contribution in [3.63, 3.8) is 0 Å². The minimum absolute atomic E-state index is 0.260.